The maximum Gasteiger partial charge on any atom is 0.0124 e. The monoisotopic (exact) mass is 210 g/mol. The Morgan fingerprint density at radius 2 is 2.07 bits per heavy atom. The van der Waals surface area contributed by atoms with Crippen LogP contribution in [0.4, 0.5) is 0 Å². The van der Waals surface area contributed by atoms with Gasteiger partial charge in [-0.3, -0.25) is 0 Å². The van der Waals surface area contributed by atoms with Gasteiger partial charge in [0.15, 0.2) is 0 Å². The van der Waals surface area contributed by atoms with Crippen LogP contribution >= 0.6 is 0 Å². The Morgan fingerprint density at radius 3 is 2.87 bits per heavy atom. The number of nitrogens with zero attached hydrogens (tertiary/aromatic N) is 1. The average Bonchev–Trinajstić information content (AvgIpc) is 2.69. The lowest BCUT2D eigenvalue weighted by atomic mass is 9.85. The molecular formula is C13H26N2. The quantitative estimate of drug-likeness (QED) is 0.772. The van der Waals surface area contributed by atoms with Gasteiger partial charge in [0.25, 0.3) is 0 Å². The summed E-state index contributed by atoms with van der Waals surface area (Å²) in [5, 5.41) is 0. The van der Waals surface area contributed by atoms with E-state index in [4.69, 9.17) is 5.73 Å². The highest BCUT2D eigenvalue weighted by molar-refractivity contribution is 4.89. The topological polar surface area (TPSA) is 29.3 Å². The molecule has 2 heteroatoms. The van der Waals surface area contributed by atoms with E-state index in [1.165, 1.54) is 51.6 Å². The molecule has 0 radical (unpaired) electrons. The number of hydrogen-bond acceptors (Lipinski definition) is 2. The summed E-state index contributed by atoms with van der Waals surface area (Å²) in [6.45, 7) is 4.78. The van der Waals surface area contributed by atoms with E-state index in [-0.39, 0.29) is 0 Å². The third-order valence-corrected chi connectivity index (χ3v) is 4.44. The lowest BCUT2D eigenvalue weighted by Crippen LogP contribution is -2.37. The first kappa shape index (κ1) is 11.4. The minimum atomic E-state index is 0.424. The Hall–Kier alpha value is -0.0800. The van der Waals surface area contributed by atoms with Gasteiger partial charge >= 0.3 is 0 Å². The van der Waals surface area contributed by atoms with Crippen LogP contribution in [0.3, 0.4) is 0 Å². The number of rotatable bonds is 4. The van der Waals surface area contributed by atoms with Gasteiger partial charge in [0.05, 0.1) is 0 Å². The Bertz CT molecular complexity index is 193. The van der Waals surface area contributed by atoms with E-state index in [0.717, 1.165) is 18.4 Å². The molecule has 0 aromatic heterocycles. The van der Waals surface area contributed by atoms with Crippen LogP contribution in [0.25, 0.3) is 0 Å². The molecule has 1 aliphatic heterocycles. The van der Waals surface area contributed by atoms with Crippen molar-refractivity contribution in [2.45, 2.75) is 64.0 Å². The Morgan fingerprint density at radius 1 is 1.27 bits per heavy atom. The summed E-state index contributed by atoms with van der Waals surface area (Å²) in [4.78, 5) is 2.72. The van der Waals surface area contributed by atoms with Crippen molar-refractivity contribution in [3.63, 3.8) is 0 Å². The molecule has 2 nitrogen and oxygen atoms in total. The number of nitrogens with two attached hydrogens (primary N) is 1. The van der Waals surface area contributed by atoms with Gasteiger partial charge in [-0.15, -0.1) is 0 Å². The molecule has 1 aliphatic carbocycles. The average molecular weight is 210 g/mol. The Labute approximate surface area is 94.2 Å². The van der Waals surface area contributed by atoms with Crippen molar-refractivity contribution in [2.75, 3.05) is 13.1 Å². The fraction of sp³-hybridized carbons (Fsp3) is 1.00. The van der Waals surface area contributed by atoms with Crippen molar-refractivity contribution < 1.29 is 0 Å². The molecule has 3 unspecified atom stereocenters. The standard InChI is InChI=1S/C13H26N2/c1-2-12(14)8-10-15-9-7-11-5-3-4-6-13(11)15/h11-13H,2-10,14H2,1H3. The SMILES string of the molecule is CCC(N)CCN1CCC2CCCCC21. The van der Waals surface area contributed by atoms with Gasteiger partial charge in [0.1, 0.15) is 0 Å². The normalized spacial score (nSPS) is 34.0. The molecule has 2 aliphatic rings. The minimum Gasteiger partial charge on any atom is -0.328 e. The fourth-order valence-corrected chi connectivity index (χ4v) is 3.32. The van der Waals surface area contributed by atoms with E-state index < -0.39 is 0 Å². The zero-order valence-electron chi connectivity index (χ0n) is 10.1. The van der Waals surface area contributed by atoms with E-state index in [9.17, 15) is 0 Å². The highest BCUT2D eigenvalue weighted by atomic mass is 15.2. The van der Waals surface area contributed by atoms with Crippen LogP contribution < -0.4 is 5.73 Å². The molecular weight excluding hydrogens is 184 g/mol. The summed E-state index contributed by atoms with van der Waals surface area (Å²) in [5.41, 5.74) is 5.99. The van der Waals surface area contributed by atoms with Crippen molar-refractivity contribution in [3.05, 3.63) is 0 Å². The summed E-state index contributed by atoms with van der Waals surface area (Å²) in [6.07, 6.45) is 9.64. The van der Waals surface area contributed by atoms with Crippen molar-refractivity contribution in [3.8, 4) is 0 Å². The summed E-state index contributed by atoms with van der Waals surface area (Å²) < 4.78 is 0. The van der Waals surface area contributed by atoms with Gasteiger partial charge in [-0.25, -0.2) is 0 Å². The maximum atomic E-state index is 5.99. The highest BCUT2D eigenvalue weighted by Crippen LogP contribution is 2.36. The second kappa shape index (κ2) is 5.31. The number of hydrogen-bond donors (Lipinski definition) is 1. The van der Waals surface area contributed by atoms with Crippen molar-refractivity contribution >= 4 is 0 Å². The number of fused-ring (bicyclic) bond motifs is 1. The smallest absolute Gasteiger partial charge is 0.0124 e. The van der Waals surface area contributed by atoms with Gasteiger partial charge in [-0.2, -0.15) is 0 Å². The lowest BCUT2D eigenvalue weighted by molar-refractivity contribution is 0.177. The van der Waals surface area contributed by atoms with Crippen LogP contribution in [-0.2, 0) is 0 Å². The molecule has 0 bridgehead atoms. The first-order valence-electron chi connectivity index (χ1n) is 6.81. The largest absolute Gasteiger partial charge is 0.328 e. The van der Waals surface area contributed by atoms with Crippen LogP contribution in [-0.4, -0.2) is 30.1 Å². The van der Waals surface area contributed by atoms with Gasteiger partial charge in [0.2, 0.25) is 0 Å². The first-order chi connectivity index (χ1) is 7.31. The van der Waals surface area contributed by atoms with Crippen LogP contribution in [0.2, 0.25) is 0 Å². The van der Waals surface area contributed by atoms with Crippen molar-refractivity contribution in [2.24, 2.45) is 11.7 Å². The predicted octanol–water partition coefficient (Wildman–Crippen LogP) is 2.38. The first-order valence-corrected chi connectivity index (χ1v) is 6.81. The third kappa shape index (κ3) is 2.73. The molecule has 3 atom stereocenters. The lowest BCUT2D eigenvalue weighted by Gasteiger charge is -2.32. The molecule has 1 saturated carbocycles. The molecule has 88 valence electrons. The summed E-state index contributed by atoms with van der Waals surface area (Å²) in [7, 11) is 0. The molecule has 1 heterocycles. The molecule has 0 spiro atoms. The summed E-state index contributed by atoms with van der Waals surface area (Å²) in [6, 6.07) is 1.34. The van der Waals surface area contributed by atoms with E-state index >= 15 is 0 Å². The molecule has 0 aromatic rings. The van der Waals surface area contributed by atoms with Crippen LogP contribution in [0.5, 0.6) is 0 Å². The van der Waals surface area contributed by atoms with Crippen LogP contribution in [0.15, 0.2) is 0 Å². The highest BCUT2D eigenvalue weighted by Gasteiger charge is 2.35. The molecule has 2 rings (SSSR count). The molecule has 2 N–H and O–H groups in total. The maximum absolute atomic E-state index is 5.99. The predicted molar refractivity (Wildman–Crippen MR) is 64.8 cm³/mol. The van der Waals surface area contributed by atoms with Crippen LogP contribution in [0, 0.1) is 5.92 Å². The van der Waals surface area contributed by atoms with E-state index in [0.29, 0.717) is 6.04 Å². The summed E-state index contributed by atoms with van der Waals surface area (Å²) >= 11 is 0. The fourth-order valence-electron chi connectivity index (χ4n) is 3.32. The van der Waals surface area contributed by atoms with Gasteiger partial charge in [-0.05, 0) is 51.1 Å². The minimum absolute atomic E-state index is 0.424. The molecule has 0 amide bonds. The van der Waals surface area contributed by atoms with E-state index in [1.807, 2.05) is 0 Å². The van der Waals surface area contributed by atoms with Gasteiger partial charge in [-0.1, -0.05) is 19.8 Å². The van der Waals surface area contributed by atoms with Crippen molar-refractivity contribution in [1.29, 1.82) is 0 Å². The second-order valence-electron chi connectivity index (χ2n) is 5.39. The van der Waals surface area contributed by atoms with Crippen LogP contribution in [0.1, 0.15) is 51.9 Å². The Kier molecular flexibility index (Phi) is 4.04. The number of likely N-dealkylation sites (tertiary alicyclic amines) is 1. The third-order valence-electron chi connectivity index (χ3n) is 4.44. The van der Waals surface area contributed by atoms with Gasteiger partial charge < -0.3 is 10.6 Å². The van der Waals surface area contributed by atoms with Gasteiger partial charge in [0, 0.05) is 12.1 Å². The Balaban J connectivity index is 1.78. The zero-order chi connectivity index (χ0) is 10.7. The zero-order valence-corrected chi connectivity index (χ0v) is 10.1. The van der Waals surface area contributed by atoms with Crippen molar-refractivity contribution in [1.82, 2.24) is 4.90 Å². The van der Waals surface area contributed by atoms with E-state index in [2.05, 4.69) is 11.8 Å². The molecule has 2 fully saturated rings. The molecule has 0 aromatic carbocycles. The second-order valence-corrected chi connectivity index (χ2v) is 5.39. The molecule has 15 heavy (non-hydrogen) atoms. The summed E-state index contributed by atoms with van der Waals surface area (Å²) in [5.74, 6) is 1.02. The van der Waals surface area contributed by atoms with E-state index in [1.54, 1.807) is 0 Å². The molecule has 1 saturated heterocycles.